The highest BCUT2D eigenvalue weighted by molar-refractivity contribution is 7.92. The number of nitrogens with zero attached hydrogens (tertiary/aromatic N) is 1. The molecule has 0 saturated heterocycles. The van der Waals surface area contributed by atoms with E-state index in [1.165, 1.54) is 42.5 Å². The molecule has 0 fully saturated rings. The molecule has 156 valence electrons. The Kier molecular flexibility index (Phi) is 7.72. The summed E-state index contributed by atoms with van der Waals surface area (Å²) in [7, 11) is -3.81. The summed E-state index contributed by atoms with van der Waals surface area (Å²) in [6.45, 7) is 1.81. The van der Waals surface area contributed by atoms with Crippen LogP contribution in [0.1, 0.15) is 30.1 Å². The minimum atomic E-state index is -3.81. The fourth-order valence-corrected chi connectivity index (χ4v) is 3.29. The van der Waals surface area contributed by atoms with Gasteiger partial charge in [-0.05, 0) is 48.9 Å². The van der Waals surface area contributed by atoms with Gasteiger partial charge < -0.3 is 10.1 Å². The van der Waals surface area contributed by atoms with Crippen molar-refractivity contribution in [2.75, 3.05) is 29.0 Å². The lowest BCUT2D eigenvalue weighted by atomic mass is 10.2. The summed E-state index contributed by atoms with van der Waals surface area (Å²) >= 11 is 0. The maximum Gasteiger partial charge on any atom is 0.338 e. The Morgan fingerprint density at radius 3 is 2.41 bits per heavy atom. The summed E-state index contributed by atoms with van der Waals surface area (Å²) in [5, 5.41) is 2.56. The summed E-state index contributed by atoms with van der Waals surface area (Å²) < 4.78 is 43.4. The van der Waals surface area contributed by atoms with Crippen molar-refractivity contribution >= 4 is 33.3 Å². The van der Waals surface area contributed by atoms with E-state index in [1.54, 1.807) is 0 Å². The van der Waals surface area contributed by atoms with Gasteiger partial charge in [-0.15, -0.1) is 0 Å². The highest BCUT2D eigenvalue weighted by atomic mass is 32.2. The Morgan fingerprint density at radius 2 is 1.83 bits per heavy atom. The molecule has 9 heteroatoms. The number of halogens is 1. The topological polar surface area (TPSA) is 92.8 Å². The minimum absolute atomic E-state index is 0.0489. The van der Waals surface area contributed by atoms with Gasteiger partial charge in [-0.1, -0.05) is 19.4 Å². The number of carbonyl (C=O) groups is 2. The van der Waals surface area contributed by atoms with Gasteiger partial charge in [0.1, 0.15) is 12.4 Å². The average molecular weight is 422 g/mol. The Balaban J connectivity index is 2.04. The van der Waals surface area contributed by atoms with E-state index in [9.17, 15) is 22.4 Å². The summed E-state index contributed by atoms with van der Waals surface area (Å²) in [4.78, 5) is 24.2. The third kappa shape index (κ3) is 6.86. The summed E-state index contributed by atoms with van der Waals surface area (Å²) in [6.07, 6.45) is 2.63. The summed E-state index contributed by atoms with van der Waals surface area (Å²) in [5.41, 5.74) is 0.775. The molecule has 0 heterocycles. The van der Waals surface area contributed by atoms with E-state index in [-0.39, 0.29) is 5.69 Å². The first-order valence-electron chi connectivity index (χ1n) is 9.01. The summed E-state index contributed by atoms with van der Waals surface area (Å²) in [5.74, 6) is -1.68. The molecule has 0 aliphatic rings. The monoisotopic (exact) mass is 422 g/mol. The summed E-state index contributed by atoms with van der Waals surface area (Å²) in [6, 6.07) is 11.0. The van der Waals surface area contributed by atoms with E-state index in [2.05, 4.69) is 5.32 Å². The second-order valence-corrected chi connectivity index (χ2v) is 8.27. The van der Waals surface area contributed by atoms with Crippen LogP contribution in [0.3, 0.4) is 0 Å². The molecule has 29 heavy (non-hydrogen) atoms. The number of hydrogen-bond acceptors (Lipinski definition) is 5. The zero-order valence-corrected chi connectivity index (χ0v) is 17.0. The highest BCUT2D eigenvalue weighted by Gasteiger charge is 2.21. The third-order valence-electron chi connectivity index (χ3n) is 3.92. The molecule has 0 aromatic heterocycles. The first-order chi connectivity index (χ1) is 13.7. The number of rotatable bonds is 9. The lowest BCUT2D eigenvalue weighted by Crippen LogP contribution is -2.37. The quantitative estimate of drug-likeness (QED) is 0.495. The van der Waals surface area contributed by atoms with Crippen molar-refractivity contribution in [2.24, 2.45) is 0 Å². The lowest BCUT2D eigenvalue weighted by Gasteiger charge is -2.21. The molecule has 0 bridgehead atoms. The molecule has 7 nitrogen and oxygen atoms in total. The number of amides is 1. The van der Waals surface area contributed by atoms with Crippen molar-refractivity contribution in [3.8, 4) is 0 Å². The number of anilines is 2. The molecular formula is C20H23FN2O5S. The normalized spacial score (nSPS) is 11.0. The first kappa shape index (κ1) is 22.4. The molecule has 1 amide bonds. The molecule has 0 radical (unpaired) electrons. The fraction of sp³-hybridized carbons (Fsp3) is 0.300. The van der Waals surface area contributed by atoms with Crippen LogP contribution in [0.25, 0.3) is 0 Å². The SMILES string of the molecule is CCCCOC(=O)c1ccc(NC(=O)CN(c2cccc(F)c2)S(C)(=O)=O)cc1. The Labute approximate surface area is 169 Å². The van der Waals surface area contributed by atoms with Crippen LogP contribution in [0.2, 0.25) is 0 Å². The number of carbonyl (C=O) groups excluding carboxylic acids is 2. The van der Waals surface area contributed by atoms with Gasteiger partial charge >= 0.3 is 5.97 Å². The van der Waals surface area contributed by atoms with Crippen LogP contribution in [0.5, 0.6) is 0 Å². The number of nitrogens with one attached hydrogen (secondary N) is 1. The molecule has 2 rings (SSSR count). The van der Waals surface area contributed by atoms with E-state index >= 15 is 0 Å². The molecule has 1 N–H and O–H groups in total. The Bertz CT molecular complexity index is 961. The number of ether oxygens (including phenoxy) is 1. The number of hydrogen-bond donors (Lipinski definition) is 1. The van der Waals surface area contributed by atoms with Crippen LogP contribution in [0, 0.1) is 5.82 Å². The zero-order chi connectivity index (χ0) is 21.4. The Hall–Kier alpha value is -2.94. The van der Waals surface area contributed by atoms with Crippen molar-refractivity contribution in [3.05, 3.63) is 59.9 Å². The molecule has 0 aliphatic heterocycles. The van der Waals surface area contributed by atoms with Crippen LogP contribution in [0.4, 0.5) is 15.8 Å². The Morgan fingerprint density at radius 1 is 1.14 bits per heavy atom. The van der Waals surface area contributed by atoms with Gasteiger partial charge in [0.2, 0.25) is 15.9 Å². The fourth-order valence-electron chi connectivity index (χ4n) is 2.44. The predicted molar refractivity (Wildman–Crippen MR) is 109 cm³/mol. The van der Waals surface area contributed by atoms with E-state index < -0.39 is 34.3 Å². The van der Waals surface area contributed by atoms with Gasteiger partial charge in [0.05, 0.1) is 24.1 Å². The predicted octanol–water partition coefficient (Wildman–Crippen LogP) is 3.19. The molecule has 2 aromatic carbocycles. The van der Waals surface area contributed by atoms with Gasteiger partial charge in [-0.25, -0.2) is 17.6 Å². The number of sulfonamides is 1. The van der Waals surface area contributed by atoms with Gasteiger partial charge in [0.15, 0.2) is 0 Å². The molecule has 0 atom stereocenters. The highest BCUT2D eigenvalue weighted by Crippen LogP contribution is 2.19. The second kappa shape index (κ2) is 10.0. The maximum absolute atomic E-state index is 13.4. The van der Waals surface area contributed by atoms with Gasteiger partial charge in [0.25, 0.3) is 0 Å². The smallest absolute Gasteiger partial charge is 0.338 e. The van der Waals surface area contributed by atoms with Crippen molar-refractivity contribution in [1.29, 1.82) is 0 Å². The molecule has 0 unspecified atom stereocenters. The zero-order valence-electron chi connectivity index (χ0n) is 16.2. The van der Waals surface area contributed by atoms with E-state index in [0.29, 0.717) is 17.9 Å². The third-order valence-corrected chi connectivity index (χ3v) is 5.06. The van der Waals surface area contributed by atoms with Crippen LogP contribution in [-0.2, 0) is 19.6 Å². The number of esters is 1. The molecule has 0 spiro atoms. The lowest BCUT2D eigenvalue weighted by molar-refractivity contribution is -0.114. The van der Waals surface area contributed by atoms with Crippen molar-refractivity contribution in [2.45, 2.75) is 19.8 Å². The van der Waals surface area contributed by atoms with Gasteiger partial charge in [0, 0.05) is 5.69 Å². The number of benzene rings is 2. The van der Waals surface area contributed by atoms with Crippen LogP contribution >= 0.6 is 0 Å². The largest absolute Gasteiger partial charge is 0.462 e. The molecule has 2 aromatic rings. The minimum Gasteiger partial charge on any atom is -0.462 e. The standard InChI is InChI=1S/C20H23FN2O5S/c1-3-4-12-28-20(25)15-8-10-17(11-9-15)22-19(24)14-23(29(2,26)27)18-7-5-6-16(21)13-18/h5-11,13H,3-4,12,14H2,1-2H3,(H,22,24). The molecule has 0 saturated carbocycles. The van der Waals surface area contributed by atoms with Crippen molar-refractivity contribution in [1.82, 2.24) is 0 Å². The van der Waals surface area contributed by atoms with Crippen LogP contribution in [-0.4, -0.2) is 39.7 Å². The van der Waals surface area contributed by atoms with Crippen molar-refractivity contribution in [3.63, 3.8) is 0 Å². The average Bonchev–Trinajstić information content (AvgIpc) is 2.66. The first-order valence-corrected chi connectivity index (χ1v) is 10.9. The van der Waals surface area contributed by atoms with E-state index in [1.807, 2.05) is 6.92 Å². The van der Waals surface area contributed by atoms with Crippen LogP contribution in [0.15, 0.2) is 48.5 Å². The molecule has 0 aliphatic carbocycles. The van der Waals surface area contributed by atoms with Gasteiger partial charge in [-0.3, -0.25) is 9.10 Å². The maximum atomic E-state index is 13.4. The number of unbranched alkanes of at least 4 members (excludes halogenated alkanes) is 1. The van der Waals surface area contributed by atoms with Crippen LogP contribution < -0.4 is 9.62 Å². The van der Waals surface area contributed by atoms with Gasteiger partial charge in [-0.2, -0.15) is 0 Å². The second-order valence-electron chi connectivity index (χ2n) is 6.36. The van der Waals surface area contributed by atoms with Crippen molar-refractivity contribution < 1.29 is 27.1 Å². The van der Waals surface area contributed by atoms with E-state index in [0.717, 1.165) is 29.5 Å². The van der Waals surface area contributed by atoms with E-state index in [4.69, 9.17) is 4.74 Å². The molecular weight excluding hydrogens is 399 g/mol.